The summed E-state index contributed by atoms with van der Waals surface area (Å²) in [6, 6.07) is 0. The van der Waals surface area contributed by atoms with Crippen molar-refractivity contribution in [1.29, 1.82) is 0 Å². The van der Waals surface area contributed by atoms with Crippen molar-refractivity contribution >= 4 is 5.97 Å². The first-order valence-corrected chi connectivity index (χ1v) is 8.29. The van der Waals surface area contributed by atoms with Crippen molar-refractivity contribution in [2.45, 2.75) is 71.3 Å². The lowest BCUT2D eigenvalue weighted by Gasteiger charge is -2.34. The maximum Gasteiger partial charge on any atom is 0.309 e. The van der Waals surface area contributed by atoms with Crippen molar-refractivity contribution in [1.82, 2.24) is 0 Å². The number of carbonyl (C=O) groups excluding carboxylic acids is 1. The molecule has 0 spiro atoms. The van der Waals surface area contributed by atoms with Crippen LogP contribution < -0.4 is 0 Å². The van der Waals surface area contributed by atoms with Crippen molar-refractivity contribution < 1.29 is 9.53 Å². The molecule has 3 fully saturated rings. The molecule has 2 heteroatoms. The Kier molecular flexibility index (Phi) is 3.39. The molecule has 0 N–H and O–H groups in total. The maximum atomic E-state index is 12.6. The zero-order valence-corrected chi connectivity index (χ0v) is 12.7. The van der Waals surface area contributed by atoms with Crippen LogP contribution in [0.1, 0.15) is 65.7 Å². The molecule has 0 radical (unpaired) electrons. The molecule has 0 aromatic heterocycles. The topological polar surface area (TPSA) is 26.3 Å². The highest BCUT2D eigenvalue weighted by Gasteiger charge is 2.52. The Morgan fingerprint density at radius 3 is 2.37 bits per heavy atom. The van der Waals surface area contributed by atoms with E-state index in [9.17, 15) is 4.79 Å². The fourth-order valence-corrected chi connectivity index (χ4v) is 5.05. The molecule has 5 unspecified atom stereocenters. The maximum absolute atomic E-state index is 12.6. The van der Waals surface area contributed by atoms with E-state index >= 15 is 0 Å². The minimum Gasteiger partial charge on any atom is -0.459 e. The van der Waals surface area contributed by atoms with Crippen LogP contribution in [0.4, 0.5) is 0 Å². The van der Waals surface area contributed by atoms with E-state index in [2.05, 4.69) is 20.8 Å². The molecule has 3 rings (SSSR count). The third-order valence-corrected chi connectivity index (χ3v) is 6.68. The summed E-state index contributed by atoms with van der Waals surface area (Å²) in [6.07, 6.45) is 7.97. The van der Waals surface area contributed by atoms with Gasteiger partial charge in [-0.15, -0.1) is 0 Å². The molecule has 108 valence electrons. The minimum absolute atomic E-state index is 0.103. The summed E-state index contributed by atoms with van der Waals surface area (Å²) in [4.78, 5) is 12.6. The molecule has 5 atom stereocenters. The first kappa shape index (κ1) is 13.5. The smallest absolute Gasteiger partial charge is 0.309 e. The van der Waals surface area contributed by atoms with Crippen LogP contribution >= 0.6 is 0 Å². The SMILES string of the molecule is CCC1(OC(=O)C2CC3CC2C(C)C3C)CCCC1. The zero-order chi connectivity index (χ0) is 13.6. The average molecular weight is 264 g/mol. The highest BCUT2D eigenvalue weighted by atomic mass is 16.6. The largest absolute Gasteiger partial charge is 0.459 e. The van der Waals surface area contributed by atoms with Crippen LogP contribution in [-0.2, 0) is 9.53 Å². The van der Waals surface area contributed by atoms with Crippen molar-refractivity contribution in [3.8, 4) is 0 Å². The number of esters is 1. The van der Waals surface area contributed by atoms with Crippen LogP contribution in [0.3, 0.4) is 0 Å². The van der Waals surface area contributed by atoms with Gasteiger partial charge in [0.2, 0.25) is 0 Å². The van der Waals surface area contributed by atoms with E-state index in [1.807, 2.05) is 0 Å². The van der Waals surface area contributed by atoms with Gasteiger partial charge in [-0.3, -0.25) is 4.79 Å². The predicted molar refractivity (Wildman–Crippen MR) is 75.6 cm³/mol. The van der Waals surface area contributed by atoms with Gasteiger partial charge < -0.3 is 4.74 Å². The van der Waals surface area contributed by atoms with E-state index < -0.39 is 0 Å². The molecule has 3 aliphatic rings. The molecule has 19 heavy (non-hydrogen) atoms. The quantitative estimate of drug-likeness (QED) is 0.715. The van der Waals surface area contributed by atoms with Crippen LogP contribution in [0.5, 0.6) is 0 Å². The summed E-state index contributed by atoms with van der Waals surface area (Å²) < 4.78 is 6.03. The molecule has 0 amide bonds. The summed E-state index contributed by atoms with van der Waals surface area (Å²) in [7, 11) is 0. The van der Waals surface area contributed by atoms with E-state index in [-0.39, 0.29) is 17.5 Å². The lowest BCUT2D eigenvalue weighted by molar-refractivity contribution is -0.167. The van der Waals surface area contributed by atoms with E-state index in [1.54, 1.807) is 0 Å². The zero-order valence-electron chi connectivity index (χ0n) is 12.7. The van der Waals surface area contributed by atoms with Gasteiger partial charge in [0.15, 0.2) is 0 Å². The van der Waals surface area contributed by atoms with Gasteiger partial charge in [-0.2, -0.15) is 0 Å². The first-order chi connectivity index (χ1) is 9.06. The summed E-state index contributed by atoms with van der Waals surface area (Å²) >= 11 is 0. The van der Waals surface area contributed by atoms with Gasteiger partial charge in [-0.05, 0) is 68.6 Å². The van der Waals surface area contributed by atoms with Gasteiger partial charge in [0, 0.05) is 0 Å². The van der Waals surface area contributed by atoms with Crippen LogP contribution in [0.2, 0.25) is 0 Å². The lowest BCUT2D eigenvalue weighted by Crippen LogP contribution is -2.37. The van der Waals surface area contributed by atoms with Gasteiger partial charge >= 0.3 is 5.97 Å². The molecule has 0 saturated heterocycles. The number of hydrogen-bond acceptors (Lipinski definition) is 2. The number of rotatable bonds is 3. The van der Waals surface area contributed by atoms with Gasteiger partial charge in [0.25, 0.3) is 0 Å². The molecule has 0 heterocycles. The Balaban J connectivity index is 1.66. The third kappa shape index (κ3) is 2.11. The number of carbonyl (C=O) groups is 1. The lowest BCUT2D eigenvalue weighted by atomic mass is 9.75. The van der Waals surface area contributed by atoms with E-state index in [4.69, 9.17) is 4.74 Å². The van der Waals surface area contributed by atoms with E-state index in [1.165, 1.54) is 19.3 Å². The summed E-state index contributed by atoms with van der Waals surface area (Å²) in [5.41, 5.74) is -0.103. The van der Waals surface area contributed by atoms with Crippen LogP contribution in [-0.4, -0.2) is 11.6 Å². The number of fused-ring (bicyclic) bond motifs is 2. The van der Waals surface area contributed by atoms with Crippen LogP contribution in [0, 0.1) is 29.6 Å². The van der Waals surface area contributed by atoms with Gasteiger partial charge in [0.05, 0.1) is 5.92 Å². The Morgan fingerprint density at radius 1 is 1.16 bits per heavy atom. The fraction of sp³-hybridized carbons (Fsp3) is 0.941. The Bertz CT molecular complexity index is 354. The van der Waals surface area contributed by atoms with Gasteiger partial charge in [-0.25, -0.2) is 0 Å². The molecule has 3 saturated carbocycles. The van der Waals surface area contributed by atoms with Crippen molar-refractivity contribution in [2.75, 3.05) is 0 Å². The normalized spacial score (nSPS) is 43.6. The average Bonchev–Trinajstić information content (AvgIpc) is 3.08. The highest BCUT2D eigenvalue weighted by Crippen LogP contribution is 2.55. The van der Waals surface area contributed by atoms with Crippen LogP contribution in [0.15, 0.2) is 0 Å². The van der Waals surface area contributed by atoms with Crippen molar-refractivity contribution in [2.24, 2.45) is 29.6 Å². The van der Waals surface area contributed by atoms with E-state index in [0.29, 0.717) is 11.8 Å². The molecule has 2 bridgehead atoms. The number of hydrogen-bond donors (Lipinski definition) is 0. The van der Waals surface area contributed by atoms with Crippen molar-refractivity contribution in [3.05, 3.63) is 0 Å². The second-order valence-corrected chi connectivity index (χ2v) is 7.38. The molecule has 0 aromatic carbocycles. The Morgan fingerprint density at radius 2 is 1.84 bits per heavy atom. The van der Waals surface area contributed by atoms with Crippen LogP contribution in [0.25, 0.3) is 0 Å². The molecular weight excluding hydrogens is 236 g/mol. The van der Waals surface area contributed by atoms with Gasteiger partial charge in [0.1, 0.15) is 5.60 Å². The standard InChI is InChI=1S/C17H28O2/c1-4-17(7-5-6-8-17)19-16(18)15-10-13-9-14(15)12(3)11(13)2/h11-15H,4-10H2,1-3H3. The minimum atomic E-state index is -0.103. The van der Waals surface area contributed by atoms with E-state index in [0.717, 1.165) is 37.5 Å². The fourth-order valence-electron chi connectivity index (χ4n) is 5.05. The summed E-state index contributed by atoms with van der Waals surface area (Å²) in [6.45, 7) is 6.87. The molecule has 3 aliphatic carbocycles. The number of ether oxygens (including phenoxy) is 1. The third-order valence-electron chi connectivity index (χ3n) is 6.68. The molecule has 0 aliphatic heterocycles. The van der Waals surface area contributed by atoms with Crippen molar-refractivity contribution in [3.63, 3.8) is 0 Å². The summed E-state index contributed by atoms with van der Waals surface area (Å²) in [5.74, 6) is 3.23. The summed E-state index contributed by atoms with van der Waals surface area (Å²) in [5, 5.41) is 0. The second kappa shape index (κ2) is 4.79. The molecule has 2 nitrogen and oxygen atoms in total. The first-order valence-electron chi connectivity index (χ1n) is 8.29. The Labute approximate surface area is 117 Å². The monoisotopic (exact) mass is 264 g/mol. The second-order valence-electron chi connectivity index (χ2n) is 7.38. The molecule has 0 aromatic rings. The molecular formula is C17H28O2. The predicted octanol–water partition coefficient (Wildman–Crippen LogP) is 4.18. The highest BCUT2D eigenvalue weighted by molar-refractivity contribution is 5.74. The van der Waals surface area contributed by atoms with Gasteiger partial charge in [-0.1, -0.05) is 20.8 Å². The Hall–Kier alpha value is -0.530.